The van der Waals surface area contributed by atoms with Gasteiger partial charge in [0, 0.05) is 51.6 Å². The number of likely N-dealkylation sites (N-methyl/N-ethyl adjacent to an activating group) is 1. The van der Waals surface area contributed by atoms with Gasteiger partial charge in [-0.15, -0.1) is 0 Å². The van der Waals surface area contributed by atoms with Gasteiger partial charge in [0.1, 0.15) is 17.8 Å². The van der Waals surface area contributed by atoms with Gasteiger partial charge in [-0.1, -0.05) is 42.7 Å². The molecule has 0 spiro atoms. The normalized spacial score (nSPS) is 17.0. The van der Waals surface area contributed by atoms with Crippen molar-refractivity contribution < 1.29 is 13.9 Å². The molecule has 2 rings (SSSR count). The number of hydrogen-bond acceptors (Lipinski definition) is 5. The Balaban J connectivity index is 2.05. The number of cyclic esters (lactones) is 1. The molecule has 188 valence electrons. The predicted octanol–water partition coefficient (Wildman–Crippen LogP) is 4.12. The number of imidazole rings is 1. The maximum atomic E-state index is 14.9. The molecule has 0 bridgehead atoms. The first kappa shape index (κ1) is 27.8. The third-order valence-electron chi connectivity index (χ3n) is 5.55. The molecule has 1 fully saturated rings. The highest BCUT2D eigenvalue weighted by atomic mass is 19.1. The van der Waals surface area contributed by atoms with Crippen LogP contribution in [0.5, 0.6) is 0 Å². The van der Waals surface area contributed by atoms with Gasteiger partial charge in [-0.25, -0.2) is 14.2 Å². The number of allylic oxidation sites excluding steroid dienone is 7. The molecule has 7 nitrogen and oxygen atoms in total. The fraction of sp³-hybridized carbons (Fsp3) is 0.370. The predicted molar refractivity (Wildman–Crippen MR) is 138 cm³/mol. The molecule has 2 N–H and O–H groups in total. The Bertz CT molecular complexity index is 1070. The number of aromatic nitrogens is 2. The lowest BCUT2D eigenvalue weighted by atomic mass is 10.1. The quantitative estimate of drug-likeness (QED) is 0.252. The molecule has 1 aliphatic heterocycles. The van der Waals surface area contributed by atoms with Crippen LogP contribution in [0.4, 0.5) is 9.18 Å². The molecular formula is C27H36FN5O2. The van der Waals surface area contributed by atoms with Crippen LogP contribution in [0.15, 0.2) is 89.9 Å². The standard InChI is InChI=1S/C27H36FN5O2/c1-7-22(10-9-20(3)17-30-14-13-26-31-15-16-32(26)6)21(4)25(28)12-11-23(8-2)33-19-24(18-29-5)35-27(33)34/h7-10,12,15-16,24,29-30H,1-2,13-14,17-19H2,3-6H3/b20-9+,22-10+,25-21-. The van der Waals surface area contributed by atoms with Gasteiger partial charge >= 0.3 is 6.09 Å². The molecule has 1 saturated heterocycles. The molecule has 2 heterocycles. The summed E-state index contributed by atoms with van der Waals surface area (Å²) >= 11 is 0. The van der Waals surface area contributed by atoms with Crippen LogP contribution in [0.3, 0.4) is 0 Å². The van der Waals surface area contributed by atoms with Gasteiger partial charge in [0.05, 0.1) is 12.2 Å². The van der Waals surface area contributed by atoms with Gasteiger partial charge in [0.2, 0.25) is 0 Å². The summed E-state index contributed by atoms with van der Waals surface area (Å²) < 4.78 is 22.2. The fourth-order valence-corrected chi connectivity index (χ4v) is 3.44. The topological polar surface area (TPSA) is 71.4 Å². The number of amides is 1. The first-order valence-corrected chi connectivity index (χ1v) is 11.6. The molecule has 1 atom stereocenters. The zero-order chi connectivity index (χ0) is 25.8. The number of carbonyl (C=O) groups excluding carboxylic acids is 1. The summed E-state index contributed by atoms with van der Waals surface area (Å²) in [5.74, 6) is 0.555. The van der Waals surface area contributed by atoms with Crippen LogP contribution in [0.1, 0.15) is 19.7 Å². The minimum Gasteiger partial charge on any atom is -0.443 e. The number of rotatable bonds is 13. The van der Waals surface area contributed by atoms with E-state index < -0.39 is 11.9 Å². The highest BCUT2D eigenvalue weighted by Gasteiger charge is 2.32. The van der Waals surface area contributed by atoms with Crippen molar-refractivity contribution in [3.63, 3.8) is 0 Å². The van der Waals surface area contributed by atoms with Crippen molar-refractivity contribution in [2.75, 3.05) is 33.2 Å². The summed E-state index contributed by atoms with van der Waals surface area (Å²) in [5.41, 5.74) is 5.36. The molecule has 1 aromatic rings. The van der Waals surface area contributed by atoms with E-state index >= 15 is 0 Å². The summed E-state index contributed by atoms with van der Waals surface area (Å²) in [6.07, 6.45) is 11.8. The largest absolute Gasteiger partial charge is 0.443 e. The van der Waals surface area contributed by atoms with Gasteiger partial charge in [0.15, 0.2) is 0 Å². The van der Waals surface area contributed by atoms with Gasteiger partial charge in [-0.3, -0.25) is 4.90 Å². The van der Waals surface area contributed by atoms with Crippen molar-refractivity contribution in [3.05, 3.63) is 95.7 Å². The number of ether oxygens (including phenoxy) is 1. The summed E-state index contributed by atoms with van der Waals surface area (Å²) in [4.78, 5) is 17.8. The average molecular weight is 482 g/mol. The molecule has 1 aliphatic rings. The second kappa shape index (κ2) is 14.1. The van der Waals surface area contributed by atoms with Crippen LogP contribution < -0.4 is 10.6 Å². The van der Waals surface area contributed by atoms with Crippen LogP contribution in [0.2, 0.25) is 0 Å². The molecule has 0 saturated carbocycles. The molecule has 0 aromatic carbocycles. The van der Waals surface area contributed by atoms with Crippen molar-refractivity contribution in [1.29, 1.82) is 0 Å². The third-order valence-corrected chi connectivity index (χ3v) is 5.55. The minimum absolute atomic E-state index is 0.277. The molecule has 1 amide bonds. The van der Waals surface area contributed by atoms with Crippen molar-refractivity contribution >= 4 is 6.09 Å². The number of halogens is 1. The SMILES string of the molecule is C=CC(=C=C/C(F)=C(C)/C(C=C)=C/C=C(\C)CNCCc1nccn1C)N1CC(CNC)OC1=O. The Hall–Kier alpha value is -3.45. The summed E-state index contributed by atoms with van der Waals surface area (Å²) in [6.45, 7) is 13.6. The molecule has 0 aliphatic carbocycles. The van der Waals surface area contributed by atoms with E-state index in [9.17, 15) is 9.18 Å². The van der Waals surface area contributed by atoms with E-state index in [-0.39, 0.29) is 6.10 Å². The fourth-order valence-electron chi connectivity index (χ4n) is 3.44. The number of nitrogens with zero attached hydrogens (tertiary/aromatic N) is 3. The second-order valence-electron chi connectivity index (χ2n) is 8.25. The van der Waals surface area contributed by atoms with Crippen LogP contribution >= 0.6 is 0 Å². The first-order chi connectivity index (χ1) is 16.8. The summed E-state index contributed by atoms with van der Waals surface area (Å²) in [7, 11) is 3.76. The van der Waals surface area contributed by atoms with Crippen LogP contribution in [-0.4, -0.2) is 59.9 Å². The van der Waals surface area contributed by atoms with Crippen LogP contribution in [-0.2, 0) is 18.2 Å². The number of hydrogen-bond donors (Lipinski definition) is 2. The summed E-state index contributed by atoms with van der Waals surface area (Å²) in [5, 5.41) is 6.36. The van der Waals surface area contributed by atoms with Gasteiger partial charge in [-0.05, 0) is 38.1 Å². The maximum absolute atomic E-state index is 14.9. The molecule has 8 heteroatoms. The van der Waals surface area contributed by atoms with Crippen molar-refractivity contribution in [3.8, 4) is 0 Å². The zero-order valence-corrected chi connectivity index (χ0v) is 21.1. The lowest BCUT2D eigenvalue weighted by molar-refractivity contribution is 0.135. The Morgan fingerprint density at radius 1 is 1.34 bits per heavy atom. The molecular weight excluding hydrogens is 445 g/mol. The molecule has 1 aromatic heterocycles. The monoisotopic (exact) mass is 481 g/mol. The zero-order valence-electron chi connectivity index (χ0n) is 21.1. The average Bonchev–Trinajstić information content (AvgIpc) is 3.42. The highest BCUT2D eigenvalue weighted by Crippen LogP contribution is 2.20. The van der Waals surface area contributed by atoms with Crippen molar-refractivity contribution in [2.45, 2.75) is 26.4 Å². The van der Waals surface area contributed by atoms with Crippen molar-refractivity contribution in [1.82, 2.24) is 25.1 Å². The minimum atomic E-state index is -0.497. The van der Waals surface area contributed by atoms with Gasteiger partial charge < -0.3 is 19.9 Å². The lowest BCUT2D eigenvalue weighted by Crippen LogP contribution is -2.28. The number of carbonyl (C=O) groups is 1. The first-order valence-electron chi connectivity index (χ1n) is 11.6. The third kappa shape index (κ3) is 8.37. The van der Waals surface area contributed by atoms with E-state index in [1.54, 1.807) is 26.2 Å². The van der Waals surface area contributed by atoms with E-state index in [1.807, 2.05) is 36.9 Å². The Morgan fingerprint density at radius 3 is 2.74 bits per heavy atom. The molecule has 0 radical (unpaired) electrons. The van der Waals surface area contributed by atoms with Crippen LogP contribution in [0, 0.1) is 0 Å². The lowest BCUT2D eigenvalue weighted by Gasteiger charge is -2.11. The Morgan fingerprint density at radius 2 is 2.11 bits per heavy atom. The highest BCUT2D eigenvalue weighted by molar-refractivity contribution is 5.73. The molecule has 1 unspecified atom stereocenters. The van der Waals surface area contributed by atoms with E-state index in [2.05, 4.69) is 34.5 Å². The van der Waals surface area contributed by atoms with E-state index in [1.165, 1.54) is 17.1 Å². The van der Waals surface area contributed by atoms with E-state index in [0.29, 0.717) is 36.5 Å². The van der Waals surface area contributed by atoms with Crippen molar-refractivity contribution in [2.24, 2.45) is 7.05 Å². The number of nitrogens with one attached hydrogen (secondary N) is 2. The second-order valence-corrected chi connectivity index (χ2v) is 8.25. The Labute approximate surface area is 207 Å². The summed E-state index contributed by atoms with van der Waals surface area (Å²) in [6, 6.07) is 0. The van der Waals surface area contributed by atoms with E-state index in [4.69, 9.17) is 4.74 Å². The van der Waals surface area contributed by atoms with Gasteiger partial charge in [0.25, 0.3) is 0 Å². The Kier molecular flexibility index (Phi) is 11.2. The number of aryl methyl sites for hydroxylation is 1. The van der Waals surface area contributed by atoms with Gasteiger partial charge in [-0.2, -0.15) is 0 Å². The van der Waals surface area contributed by atoms with E-state index in [0.717, 1.165) is 24.4 Å². The smallest absolute Gasteiger partial charge is 0.415 e. The van der Waals surface area contributed by atoms with Crippen LogP contribution in [0.25, 0.3) is 0 Å². The molecule has 35 heavy (non-hydrogen) atoms. The maximum Gasteiger partial charge on any atom is 0.415 e.